The van der Waals surface area contributed by atoms with Crippen molar-refractivity contribution in [3.63, 3.8) is 0 Å². The smallest absolute Gasteiger partial charge is 0.341 e. The van der Waals surface area contributed by atoms with Crippen LogP contribution < -0.4 is 5.56 Å². The predicted molar refractivity (Wildman–Crippen MR) is 59.1 cm³/mol. The van der Waals surface area contributed by atoms with E-state index in [-0.39, 0.29) is 11.7 Å². The summed E-state index contributed by atoms with van der Waals surface area (Å²) in [6.07, 6.45) is 3.75. The molecular weight excluding hydrogens is 224 g/mol. The fourth-order valence-corrected chi connectivity index (χ4v) is 2.01. The molecule has 0 spiro atoms. The van der Waals surface area contributed by atoms with Gasteiger partial charge in [-0.2, -0.15) is 5.10 Å². The number of hydrogen-bond acceptors (Lipinski definition) is 4. The van der Waals surface area contributed by atoms with E-state index in [1.807, 2.05) is 0 Å². The Bertz CT molecular complexity index is 489. The molecule has 0 saturated carbocycles. The zero-order valence-corrected chi connectivity index (χ0v) is 9.55. The lowest BCUT2D eigenvalue weighted by Crippen LogP contribution is -2.29. The zero-order valence-electron chi connectivity index (χ0n) is 9.55. The van der Waals surface area contributed by atoms with Crippen LogP contribution >= 0.6 is 0 Å². The van der Waals surface area contributed by atoms with Gasteiger partial charge < -0.3 is 9.84 Å². The van der Waals surface area contributed by atoms with Gasteiger partial charge in [0.05, 0.1) is 12.3 Å². The molecule has 6 nitrogen and oxygen atoms in total. The molecule has 1 unspecified atom stereocenters. The van der Waals surface area contributed by atoms with Crippen LogP contribution in [0.25, 0.3) is 0 Å². The maximum absolute atomic E-state index is 11.7. The molecule has 0 aromatic carbocycles. The summed E-state index contributed by atoms with van der Waals surface area (Å²) in [6.45, 7) is 0.700. The first-order valence-electron chi connectivity index (χ1n) is 5.49. The molecule has 2 heterocycles. The summed E-state index contributed by atoms with van der Waals surface area (Å²) in [6, 6.07) is 0. The number of carbonyl (C=O) groups is 1. The Morgan fingerprint density at radius 3 is 3.06 bits per heavy atom. The fraction of sp³-hybridized carbons (Fsp3) is 0.545. The quantitative estimate of drug-likeness (QED) is 0.813. The molecule has 0 aliphatic carbocycles. The third kappa shape index (κ3) is 2.36. The normalized spacial score (nSPS) is 19.5. The minimum Gasteiger partial charge on any atom is -0.477 e. The Labute approximate surface area is 97.8 Å². The molecule has 1 fully saturated rings. The summed E-state index contributed by atoms with van der Waals surface area (Å²) < 4.78 is 6.46. The van der Waals surface area contributed by atoms with Crippen molar-refractivity contribution >= 4 is 5.97 Å². The largest absolute Gasteiger partial charge is 0.477 e. The van der Waals surface area contributed by atoms with E-state index in [9.17, 15) is 9.59 Å². The maximum atomic E-state index is 11.7. The van der Waals surface area contributed by atoms with Gasteiger partial charge in [0.15, 0.2) is 0 Å². The lowest BCUT2D eigenvalue weighted by atomic mass is 10.0. The molecule has 0 radical (unpaired) electrons. The Hall–Kier alpha value is -1.69. The first kappa shape index (κ1) is 11.8. The van der Waals surface area contributed by atoms with Crippen molar-refractivity contribution in [1.82, 2.24) is 9.78 Å². The minimum atomic E-state index is -1.21. The summed E-state index contributed by atoms with van der Waals surface area (Å²) in [5.41, 5.74) is -0.321. The van der Waals surface area contributed by atoms with E-state index >= 15 is 0 Å². The average molecular weight is 238 g/mol. The highest BCUT2D eigenvalue weighted by atomic mass is 16.5. The topological polar surface area (TPSA) is 81.4 Å². The number of aromatic nitrogens is 2. The van der Waals surface area contributed by atoms with Crippen molar-refractivity contribution < 1.29 is 14.6 Å². The van der Waals surface area contributed by atoms with Gasteiger partial charge in [0, 0.05) is 20.1 Å². The first-order chi connectivity index (χ1) is 8.09. The lowest BCUT2D eigenvalue weighted by Gasteiger charge is -2.11. The SMILES string of the molecule is Cn1ncc(CC2CCCO2)c(C(=O)O)c1=O. The molecule has 17 heavy (non-hydrogen) atoms. The van der Waals surface area contributed by atoms with Gasteiger partial charge in [-0.25, -0.2) is 9.48 Å². The number of rotatable bonds is 3. The van der Waals surface area contributed by atoms with E-state index in [0.29, 0.717) is 18.6 Å². The van der Waals surface area contributed by atoms with Crippen LogP contribution in [0.2, 0.25) is 0 Å². The number of nitrogens with zero attached hydrogens (tertiary/aromatic N) is 2. The molecule has 1 aromatic rings. The van der Waals surface area contributed by atoms with E-state index < -0.39 is 11.5 Å². The van der Waals surface area contributed by atoms with Crippen molar-refractivity contribution in [2.75, 3.05) is 6.61 Å². The molecule has 1 aliphatic heterocycles. The molecule has 0 amide bonds. The Morgan fingerprint density at radius 2 is 2.47 bits per heavy atom. The van der Waals surface area contributed by atoms with Crippen LogP contribution in [-0.4, -0.2) is 33.6 Å². The maximum Gasteiger partial charge on any atom is 0.341 e. The number of aromatic carboxylic acids is 1. The van der Waals surface area contributed by atoms with Gasteiger partial charge in [-0.3, -0.25) is 4.79 Å². The molecule has 1 saturated heterocycles. The Kier molecular flexibility index (Phi) is 3.23. The van der Waals surface area contributed by atoms with Crippen LogP contribution in [0.1, 0.15) is 28.8 Å². The highest BCUT2D eigenvalue weighted by molar-refractivity contribution is 5.88. The van der Waals surface area contributed by atoms with Crippen LogP contribution in [0.5, 0.6) is 0 Å². The van der Waals surface area contributed by atoms with Gasteiger partial charge >= 0.3 is 5.97 Å². The second-order valence-corrected chi connectivity index (χ2v) is 4.12. The summed E-state index contributed by atoms with van der Waals surface area (Å²) in [4.78, 5) is 22.8. The van der Waals surface area contributed by atoms with E-state index in [4.69, 9.17) is 9.84 Å². The first-order valence-corrected chi connectivity index (χ1v) is 5.49. The molecule has 6 heteroatoms. The van der Waals surface area contributed by atoms with Gasteiger partial charge in [0.2, 0.25) is 0 Å². The van der Waals surface area contributed by atoms with E-state index in [0.717, 1.165) is 17.5 Å². The van der Waals surface area contributed by atoms with Crippen LogP contribution in [-0.2, 0) is 18.2 Å². The number of carboxylic acids is 1. The van der Waals surface area contributed by atoms with Crippen molar-refractivity contribution in [3.8, 4) is 0 Å². The molecule has 1 atom stereocenters. The molecular formula is C11H14N2O4. The number of ether oxygens (including phenoxy) is 1. The van der Waals surface area contributed by atoms with E-state index in [1.54, 1.807) is 0 Å². The van der Waals surface area contributed by atoms with Crippen LogP contribution in [0.15, 0.2) is 11.0 Å². The van der Waals surface area contributed by atoms with Gasteiger partial charge in [-0.15, -0.1) is 0 Å². The molecule has 1 aromatic heterocycles. The number of hydrogen-bond donors (Lipinski definition) is 1. The van der Waals surface area contributed by atoms with E-state index in [1.165, 1.54) is 13.2 Å². The fourth-order valence-electron chi connectivity index (χ4n) is 2.01. The lowest BCUT2D eigenvalue weighted by molar-refractivity contribution is 0.0690. The number of carboxylic acid groups (broad SMARTS) is 1. The second kappa shape index (κ2) is 4.67. The molecule has 1 N–H and O–H groups in total. The van der Waals surface area contributed by atoms with Gasteiger partial charge in [-0.05, 0) is 18.4 Å². The summed E-state index contributed by atoms with van der Waals surface area (Å²) >= 11 is 0. The Morgan fingerprint density at radius 1 is 1.71 bits per heavy atom. The monoisotopic (exact) mass is 238 g/mol. The highest BCUT2D eigenvalue weighted by Gasteiger charge is 2.22. The third-order valence-electron chi connectivity index (χ3n) is 2.90. The molecule has 2 rings (SSSR count). The average Bonchev–Trinajstić information content (AvgIpc) is 2.76. The van der Waals surface area contributed by atoms with Crippen LogP contribution in [0, 0.1) is 0 Å². The van der Waals surface area contributed by atoms with Crippen molar-refractivity contribution in [1.29, 1.82) is 0 Å². The van der Waals surface area contributed by atoms with Crippen LogP contribution in [0.3, 0.4) is 0 Å². The summed E-state index contributed by atoms with van der Waals surface area (Å²) in [5, 5.41) is 12.9. The van der Waals surface area contributed by atoms with E-state index in [2.05, 4.69) is 5.10 Å². The zero-order chi connectivity index (χ0) is 12.4. The van der Waals surface area contributed by atoms with Gasteiger partial charge in [0.1, 0.15) is 5.56 Å². The van der Waals surface area contributed by atoms with Crippen molar-refractivity contribution in [2.45, 2.75) is 25.4 Å². The standard InChI is InChI=1S/C11H14N2O4/c1-13-10(14)9(11(15)16)7(6-12-13)5-8-3-2-4-17-8/h6,8H,2-5H2,1H3,(H,15,16). The molecule has 92 valence electrons. The minimum absolute atomic E-state index is 0.00186. The van der Waals surface area contributed by atoms with Crippen molar-refractivity contribution in [2.24, 2.45) is 7.05 Å². The highest BCUT2D eigenvalue weighted by Crippen LogP contribution is 2.17. The predicted octanol–water partition coefficient (Wildman–Crippen LogP) is 0.200. The third-order valence-corrected chi connectivity index (χ3v) is 2.90. The van der Waals surface area contributed by atoms with Crippen molar-refractivity contribution in [3.05, 3.63) is 27.7 Å². The molecule has 1 aliphatic rings. The Balaban J connectivity index is 2.35. The van der Waals surface area contributed by atoms with Crippen LogP contribution in [0.4, 0.5) is 0 Å². The summed E-state index contributed by atoms with van der Waals surface area (Å²) in [7, 11) is 1.44. The number of aryl methyl sites for hydroxylation is 1. The second-order valence-electron chi connectivity index (χ2n) is 4.12. The summed E-state index contributed by atoms with van der Waals surface area (Å²) in [5.74, 6) is -1.21. The van der Waals surface area contributed by atoms with Gasteiger partial charge in [0.25, 0.3) is 5.56 Å². The van der Waals surface area contributed by atoms with Gasteiger partial charge in [-0.1, -0.05) is 0 Å². The molecule has 0 bridgehead atoms.